The van der Waals surface area contributed by atoms with Crippen LogP contribution in [0.15, 0.2) is 116 Å². The van der Waals surface area contributed by atoms with Gasteiger partial charge in [-0.25, -0.2) is 19.4 Å². The molecule has 73 heavy (non-hydrogen) atoms. The van der Waals surface area contributed by atoms with Gasteiger partial charge in [-0.2, -0.15) is 0 Å². The Morgan fingerprint density at radius 2 is 0.863 bits per heavy atom. The van der Waals surface area contributed by atoms with Crippen molar-refractivity contribution in [2.24, 2.45) is 32.2 Å². The maximum absolute atomic E-state index is 15.0. The number of fused-ring (bicyclic) bond motifs is 3. The SMILES string of the molecule is CN1CCC(N2CCCc3cc(N=C(N)c4cccs4)cc(F)c32)C1.CN1CCC(N2CCCc3cc(N=C(N)c4cccs4)ccc32)C1.CN1CCC(N2CCCc3cc(N=C(N)c4cccs4)ccc32)C1. The number of likely N-dealkylation sites (N-methyl/N-ethyl adjacent to an activating group) is 3. The van der Waals surface area contributed by atoms with E-state index in [1.54, 1.807) is 22.7 Å². The largest absolute Gasteiger partial charge is 0.383 e. The van der Waals surface area contributed by atoms with Crippen LogP contribution in [-0.4, -0.2) is 130 Å². The normalized spacial score (nSPS) is 21.8. The van der Waals surface area contributed by atoms with E-state index in [0.717, 1.165) is 89.0 Å². The monoisotopic (exact) mass is 1040 g/mol. The van der Waals surface area contributed by atoms with E-state index in [1.165, 1.54) is 105 Å². The van der Waals surface area contributed by atoms with Gasteiger partial charge in [0.1, 0.15) is 23.3 Å². The molecule has 12 rings (SSSR count). The molecule has 12 nitrogen and oxygen atoms in total. The smallest absolute Gasteiger partial charge is 0.148 e. The van der Waals surface area contributed by atoms with E-state index in [2.05, 4.69) is 102 Å². The summed E-state index contributed by atoms with van der Waals surface area (Å²) in [5.41, 5.74) is 28.3. The van der Waals surface area contributed by atoms with Gasteiger partial charge in [0.05, 0.1) is 37.4 Å². The molecule has 384 valence electrons. The van der Waals surface area contributed by atoms with E-state index < -0.39 is 0 Å². The highest BCUT2D eigenvalue weighted by molar-refractivity contribution is 7.12. The highest BCUT2D eigenvalue weighted by atomic mass is 32.1. The predicted molar refractivity (Wildman–Crippen MR) is 308 cm³/mol. The van der Waals surface area contributed by atoms with Gasteiger partial charge in [0.25, 0.3) is 0 Å². The molecule has 3 fully saturated rings. The van der Waals surface area contributed by atoms with E-state index in [9.17, 15) is 4.39 Å². The standard InChI is InChI=1S/C19H23FN4S.2C19H24N4S/c1-23-8-6-15(12-23)24-7-2-4-13-10-14(11-16(20)18(13)24)22-19(21)17-5-3-9-25-17;2*1-22-10-8-16(13-22)23-9-2-4-14-12-15(6-7-17(14)23)21-19(20)18-5-3-11-24-18/h3,5,9-11,15H,2,4,6-8,12H2,1H3,(H2,21,22);2*3,5-7,11-12,16H,2,4,8-10,13H2,1H3,(H2,20,21). The molecule has 6 aliphatic rings. The van der Waals surface area contributed by atoms with Crippen LogP contribution in [0.2, 0.25) is 0 Å². The molecule has 0 bridgehead atoms. The van der Waals surface area contributed by atoms with E-state index in [0.29, 0.717) is 41.3 Å². The van der Waals surface area contributed by atoms with Crippen LogP contribution in [0.1, 0.15) is 69.8 Å². The molecule has 3 aromatic carbocycles. The van der Waals surface area contributed by atoms with E-state index in [4.69, 9.17) is 17.2 Å². The van der Waals surface area contributed by atoms with Crippen LogP contribution in [0, 0.1) is 5.82 Å². The Hall–Kier alpha value is -5.62. The minimum Gasteiger partial charge on any atom is -0.383 e. The van der Waals surface area contributed by atoms with Gasteiger partial charge < -0.3 is 46.6 Å². The number of likely N-dealkylation sites (tertiary alicyclic amines) is 3. The zero-order valence-electron chi connectivity index (χ0n) is 42.6. The lowest BCUT2D eigenvalue weighted by atomic mass is 9.98. The van der Waals surface area contributed by atoms with Crippen molar-refractivity contribution >= 4 is 85.6 Å². The van der Waals surface area contributed by atoms with Crippen LogP contribution in [0.4, 0.5) is 38.5 Å². The Morgan fingerprint density at radius 3 is 1.26 bits per heavy atom. The Labute approximate surface area is 443 Å². The number of hydrogen-bond donors (Lipinski definition) is 3. The number of hydrogen-bond acceptors (Lipinski definition) is 12. The van der Waals surface area contributed by atoms with Crippen molar-refractivity contribution in [3.63, 3.8) is 0 Å². The van der Waals surface area contributed by atoms with Gasteiger partial charge in [0, 0.05) is 74.8 Å². The zero-order chi connectivity index (χ0) is 50.4. The number of halogens is 1. The third-order valence-corrected chi connectivity index (χ3v) is 17.9. The van der Waals surface area contributed by atoms with E-state index >= 15 is 0 Å². The maximum atomic E-state index is 15.0. The van der Waals surface area contributed by atoms with Gasteiger partial charge in [-0.05, 0) is 192 Å². The van der Waals surface area contributed by atoms with E-state index in [-0.39, 0.29) is 5.82 Å². The molecular formula is C57H71FN12S3. The number of rotatable bonds is 9. The first-order chi connectivity index (χ1) is 35.5. The van der Waals surface area contributed by atoms with Crippen LogP contribution in [-0.2, 0) is 19.3 Å². The van der Waals surface area contributed by atoms with Gasteiger partial charge in [-0.1, -0.05) is 18.2 Å². The van der Waals surface area contributed by atoms with Gasteiger partial charge >= 0.3 is 0 Å². The zero-order valence-corrected chi connectivity index (χ0v) is 45.1. The first kappa shape index (κ1) is 50.9. The molecule has 0 spiro atoms. The number of aliphatic imine (C=N–C) groups is 3. The first-order valence-corrected chi connectivity index (χ1v) is 28.7. The Balaban J connectivity index is 0.000000126. The summed E-state index contributed by atoms with van der Waals surface area (Å²) in [7, 11) is 6.57. The molecule has 3 saturated heterocycles. The molecular weight excluding hydrogens is 968 g/mol. The molecule has 0 radical (unpaired) electrons. The summed E-state index contributed by atoms with van der Waals surface area (Å²) < 4.78 is 15.0. The average Bonchev–Trinajstić information content (AvgIpc) is 4.26. The van der Waals surface area contributed by atoms with Crippen molar-refractivity contribution in [3.05, 3.63) is 138 Å². The summed E-state index contributed by atoms with van der Waals surface area (Å²) in [4.78, 5) is 31.3. The highest BCUT2D eigenvalue weighted by Gasteiger charge is 2.33. The Kier molecular flexibility index (Phi) is 16.2. The second-order valence-electron chi connectivity index (χ2n) is 20.5. The lowest BCUT2D eigenvalue weighted by Gasteiger charge is -2.36. The van der Waals surface area contributed by atoms with Crippen LogP contribution in [0.25, 0.3) is 0 Å². The maximum Gasteiger partial charge on any atom is 0.148 e. The average molecular weight is 1040 g/mol. The van der Waals surface area contributed by atoms with Crippen molar-refractivity contribution < 1.29 is 4.39 Å². The summed E-state index contributed by atoms with van der Waals surface area (Å²) in [5, 5.41) is 6.02. The van der Waals surface area contributed by atoms with Crippen molar-refractivity contribution in [1.82, 2.24) is 14.7 Å². The molecule has 0 aliphatic carbocycles. The lowest BCUT2D eigenvalue weighted by molar-refractivity contribution is 0.405. The van der Waals surface area contributed by atoms with Crippen molar-refractivity contribution in [1.29, 1.82) is 0 Å². The number of nitrogens with two attached hydrogens (primary N) is 3. The van der Waals surface area contributed by atoms with Crippen molar-refractivity contribution in [2.75, 3.05) is 94.7 Å². The summed E-state index contributed by atoms with van der Waals surface area (Å²) in [6.45, 7) is 10.1. The first-order valence-electron chi connectivity index (χ1n) is 26.1. The quantitative estimate of drug-likeness (QED) is 0.0956. The molecule has 6 N–H and O–H groups in total. The molecule has 3 unspecified atom stereocenters. The molecule has 3 aromatic heterocycles. The highest BCUT2D eigenvalue weighted by Crippen LogP contribution is 2.38. The topological polar surface area (TPSA) is 135 Å². The van der Waals surface area contributed by atoms with Crippen LogP contribution >= 0.6 is 34.0 Å². The lowest BCUT2D eigenvalue weighted by Crippen LogP contribution is -2.41. The molecule has 16 heteroatoms. The molecule has 0 saturated carbocycles. The van der Waals surface area contributed by atoms with Crippen LogP contribution in [0.3, 0.4) is 0 Å². The van der Waals surface area contributed by atoms with Crippen LogP contribution in [0.5, 0.6) is 0 Å². The Bertz CT molecular complexity index is 2750. The predicted octanol–water partition coefficient (Wildman–Crippen LogP) is 9.86. The van der Waals surface area contributed by atoms with Gasteiger partial charge in [0.2, 0.25) is 0 Å². The van der Waals surface area contributed by atoms with Crippen molar-refractivity contribution in [2.45, 2.75) is 75.9 Å². The fourth-order valence-electron chi connectivity index (χ4n) is 11.6. The number of anilines is 3. The van der Waals surface area contributed by atoms with Crippen molar-refractivity contribution in [3.8, 4) is 0 Å². The van der Waals surface area contributed by atoms with Gasteiger partial charge in [-0.15, -0.1) is 34.0 Å². The molecule has 3 atom stereocenters. The fraction of sp³-hybridized carbons (Fsp3) is 0.421. The summed E-state index contributed by atoms with van der Waals surface area (Å²) in [6.07, 6.45) is 10.3. The number of amidine groups is 3. The molecule has 6 aromatic rings. The molecule has 6 aliphatic heterocycles. The number of nitrogens with zero attached hydrogens (tertiary/aromatic N) is 9. The second-order valence-corrected chi connectivity index (χ2v) is 23.3. The van der Waals surface area contributed by atoms with Crippen LogP contribution < -0.4 is 31.9 Å². The number of benzene rings is 3. The molecule has 9 heterocycles. The fourth-order valence-corrected chi connectivity index (χ4v) is 13.5. The second kappa shape index (κ2) is 23.3. The summed E-state index contributed by atoms with van der Waals surface area (Å²) >= 11 is 4.79. The minimum absolute atomic E-state index is 0.176. The third kappa shape index (κ3) is 12.2. The number of aryl methyl sites for hydroxylation is 3. The summed E-state index contributed by atoms with van der Waals surface area (Å²) in [6, 6.07) is 30.3. The summed E-state index contributed by atoms with van der Waals surface area (Å²) in [5.74, 6) is 1.48. The minimum atomic E-state index is -0.176. The third-order valence-electron chi connectivity index (χ3n) is 15.2. The molecule has 0 amide bonds. The van der Waals surface area contributed by atoms with E-state index in [1.807, 2.05) is 58.6 Å². The number of thiophene rings is 3. The Morgan fingerprint density at radius 1 is 0.479 bits per heavy atom. The van der Waals surface area contributed by atoms with Gasteiger partial charge in [0.15, 0.2) is 0 Å². The van der Waals surface area contributed by atoms with Gasteiger partial charge in [-0.3, -0.25) is 0 Å².